The molecule has 0 saturated carbocycles. The fraction of sp³-hybridized carbons (Fsp3) is 0.357. The van der Waals surface area contributed by atoms with Gasteiger partial charge in [0.25, 0.3) is 0 Å². The number of hydrogen-bond donors (Lipinski definition) is 1. The van der Waals surface area contributed by atoms with E-state index in [0.29, 0.717) is 6.54 Å². The minimum atomic E-state index is -0.852. The summed E-state index contributed by atoms with van der Waals surface area (Å²) in [5, 5.41) is 8.89. The lowest BCUT2D eigenvalue weighted by Gasteiger charge is -2.28. The van der Waals surface area contributed by atoms with E-state index in [9.17, 15) is 4.79 Å². The molecule has 0 aliphatic carbocycles. The van der Waals surface area contributed by atoms with Crippen molar-refractivity contribution in [3.05, 3.63) is 35.9 Å². The molecule has 1 aromatic carbocycles. The molecule has 1 rings (SSSR count). The number of benzene rings is 1. The number of terminal acetylenes is 1. The molecule has 0 aliphatic rings. The van der Waals surface area contributed by atoms with Crippen LogP contribution in [-0.2, 0) is 4.79 Å². The largest absolute Gasteiger partial charge is 0.480 e. The van der Waals surface area contributed by atoms with Gasteiger partial charge in [0.05, 0.1) is 13.1 Å². The molecule has 0 radical (unpaired) electrons. The van der Waals surface area contributed by atoms with Crippen LogP contribution in [0.1, 0.15) is 24.9 Å². The predicted molar refractivity (Wildman–Crippen MR) is 67.5 cm³/mol. The van der Waals surface area contributed by atoms with Crippen molar-refractivity contribution in [2.24, 2.45) is 0 Å². The van der Waals surface area contributed by atoms with Crippen molar-refractivity contribution in [2.45, 2.75) is 19.4 Å². The van der Waals surface area contributed by atoms with Crippen molar-refractivity contribution < 1.29 is 9.90 Å². The molecule has 0 saturated heterocycles. The van der Waals surface area contributed by atoms with Gasteiger partial charge < -0.3 is 5.11 Å². The van der Waals surface area contributed by atoms with Crippen LogP contribution in [0.2, 0.25) is 0 Å². The highest BCUT2D eigenvalue weighted by atomic mass is 16.4. The molecule has 3 nitrogen and oxygen atoms in total. The maximum absolute atomic E-state index is 10.8. The average Bonchev–Trinajstić information content (AvgIpc) is 2.31. The number of hydrogen-bond acceptors (Lipinski definition) is 2. The summed E-state index contributed by atoms with van der Waals surface area (Å²) in [6.07, 6.45) is 6.12. The Hall–Kier alpha value is -1.79. The molecule has 3 heteroatoms. The highest BCUT2D eigenvalue weighted by molar-refractivity contribution is 5.69. The van der Waals surface area contributed by atoms with E-state index in [2.05, 4.69) is 5.92 Å². The third-order valence-corrected chi connectivity index (χ3v) is 2.64. The zero-order valence-corrected chi connectivity index (χ0v) is 9.97. The van der Waals surface area contributed by atoms with Gasteiger partial charge in [-0.3, -0.25) is 9.69 Å². The van der Waals surface area contributed by atoms with Crippen LogP contribution in [0.25, 0.3) is 0 Å². The van der Waals surface area contributed by atoms with Gasteiger partial charge in [0.15, 0.2) is 0 Å². The number of aliphatic carboxylic acids is 1. The van der Waals surface area contributed by atoms with Gasteiger partial charge in [-0.25, -0.2) is 0 Å². The van der Waals surface area contributed by atoms with Gasteiger partial charge >= 0.3 is 5.97 Å². The normalized spacial score (nSPS) is 12.1. The van der Waals surface area contributed by atoms with E-state index < -0.39 is 5.97 Å². The highest BCUT2D eigenvalue weighted by Crippen LogP contribution is 2.23. The van der Waals surface area contributed by atoms with Crippen molar-refractivity contribution in [3.8, 4) is 12.3 Å². The summed E-state index contributed by atoms with van der Waals surface area (Å²) in [6, 6.07) is 9.90. The van der Waals surface area contributed by atoms with Gasteiger partial charge in [-0.15, -0.1) is 6.42 Å². The smallest absolute Gasteiger partial charge is 0.317 e. The second-order valence-corrected chi connectivity index (χ2v) is 3.84. The zero-order valence-electron chi connectivity index (χ0n) is 9.97. The van der Waals surface area contributed by atoms with E-state index in [0.717, 1.165) is 12.0 Å². The highest BCUT2D eigenvalue weighted by Gasteiger charge is 2.19. The molecule has 1 unspecified atom stereocenters. The molecule has 0 spiro atoms. The fourth-order valence-corrected chi connectivity index (χ4v) is 1.95. The Bertz CT molecular complexity index is 394. The summed E-state index contributed by atoms with van der Waals surface area (Å²) in [7, 11) is 0. The average molecular weight is 231 g/mol. The lowest BCUT2D eigenvalue weighted by molar-refractivity contribution is -0.138. The molecule has 0 amide bonds. The van der Waals surface area contributed by atoms with Crippen LogP contribution in [0.5, 0.6) is 0 Å². The van der Waals surface area contributed by atoms with Crippen LogP contribution in [0.15, 0.2) is 30.3 Å². The second kappa shape index (κ2) is 6.72. The topological polar surface area (TPSA) is 40.5 Å². The number of carboxylic acids is 1. The van der Waals surface area contributed by atoms with Gasteiger partial charge in [0, 0.05) is 6.04 Å². The van der Waals surface area contributed by atoms with Crippen LogP contribution in [0.3, 0.4) is 0 Å². The standard InChI is InChI=1S/C14H17NO2/c1-3-10-15(11-14(16)17)13(4-2)12-8-6-5-7-9-12/h1,5-9,13H,4,10-11H2,2H3,(H,16,17). The van der Waals surface area contributed by atoms with E-state index >= 15 is 0 Å². The lowest BCUT2D eigenvalue weighted by Crippen LogP contribution is -2.33. The minimum absolute atomic E-state index is 0.0302. The van der Waals surface area contributed by atoms with Crippen molar-refractivity contribution in [1.29, 1.82) is 0 Å². The summed E-state index contributed by atoms with van der Waals surface area (Å²) in [5.41, 5.74) is 1.10. The molecular weight excluding hydrogens is 214 g/mol. The van der Waals surface area contributed by atoms with Crippen LogP contribution < -0.4 is 0 Å². The lowest BCUT2D eigenvalue weighted by atomic mass is 10.0. The molecular formula is C14H17NO2. The SMILES string of the molecule is C#CCN(CC(=O)O)C(CC)c1ccccc1. The Kier molecular flexibility index (Phi) is 5.25. The Labute approximate surface area is 102 Å². The van der Waals surface area contributed by atoms with Crippen LogP contribution >= 0.6 is 0 Å². The molecule has 0 aliphatic heterocycles. The minimum Gasteiger partial charge on any atom is -0.480 e. The molecule has 0 bridgehead atoms. The molecule has 0 fully saturated rings. The Morgan fingerprint density at radius 3 is 2.59 bits per heavy atom. The first-order valence-corrected chi connectivity index (χ1v) is 5.63. The molecule has 0 heterocycles. The summed E-state index contributed by atoms with van der Waals surface area (Å²) < 4.78 is 0. The third kappa shape index (κ3) is 3.93. The van der Waals surface area contributed by atoms with Crippen molar-refractivity contribution in [1.82, 2.24) is 4.90 Å². The number of nitrogens with zero attached hydrogens (tertiary/aromatic N) is 1. The Balaban J connectivity index is 2.89. The van der Waals surface area contributed by atoms with Crippen LogP contribution in [0, 0.1) is 12.3 Å². The van der Waals surface area contributed by atoms with Gasteiger partial charge in [0.2, 0.25) is 0 Å². The van der Waals surface area contributed by atoms with Gasteiger partial charge in [-0.05, 0) is 12.0 Å². The van der Waals surface area contributed by atoms with E-state index in [1.165, 1.54) is 0 Å². The molecule has 1 atom stereocenters. The maximum Gasteiger partial charge on any atom is 0.317 e. The summed E-state index contributed by atoms with van der Waals surface area (Å²) in [6.45, 7) is 2.35. The first-order chi connectivity index (χ1) is 8.19. The maximum atomic E-state index is 10.8. The quantitative estimate of drug-likeness (QED) is 0.763. The zero-order chi connectivity index (χ0) is 12.7. The van der Waals surface area contributed by atoms with Gasteiger partial charge in [-0.1, -0.05) is 43.2 Å². The Morgan fingerprint density at radius 2 is 2.12 bits per heavy atom. The number of carboxylic acid groups (broad SMARTS) is 1. The fourth-order valence-electron chi connectivity index (χ4n) is 1.95. The van der Waals surface area contributed by atoms with Gasteiger partial charge in [-0.2, -0.15) is 0 Å². The molecule has 90 valence electrons. The van der Waals surface area contributed by atoms with E-state index in [1.54, 1.807) is 4.90 Å². The second-order valence-electron chi connectivity index (χ2n) is 3.84. The summed E-state index contributed by atoms with van der Waals surface area (Å²) >= 11 is 0. The van der Waals surface area contributed by atoms with Gasteiger partial charge in [0.1, 0.15) is 0 Å². The Morgan fingerprint density at radius 1 is 1.47 bits per heavy atom. The van der Waals surface area contributed by atoms with Crippen LogP contribution in [0.4, 0.5) is 0 Å². The van der Waals surface area contributed by atoms with E-state index in [1.807, 2.05) is 37.3 Å². The molecule has 0 aromatic heterocycles. The monoisotopic (exact) mass is 231 g/mol. The predicted octanol–water partition coefficient (Wildman–Crippen LogP) is 2.16. The van der Waals surface area contributed by atoms with Crippen molar-refractivity contribution in [2.75, 3.05) is 13.1 Å². The summed E-state index contributed by atoms with van der Waals surface area (Å²) in [5.74, 6) is 1.67. The first-order valence-electron chi connectivity index (χ1n) is 5.63. The van der Waals surface area contributed by atoms with E-state index in [-0.39, 0.29) is 12.6 Å². The summed E-state index contributed by atoms with van der Waals surface area (Å²) in [4.78, 5) is 12.6. The first kappa shape index (κ1) is 13.3. The third-order valence-electron chi connectivity index (χ3n) is 2.64. The van der Waals surface area contributed by atoms with Crippen molar-refractivity contribution in [3.63, 3.8) is 0 Å². The number of carbonyl (C=O) groups is 1. The number of rotatable bonds is 6. The molecule has 17 heavy (non-hydrogen) atoms. The molecule has 1 N–H and O–H groups in total. The van der Waals surface area contributed by atoms with Crippen LogP contribution in [-0.4, -0.2) is 29.1 Å². The molecule has 1 aromatic rings. The van der Waals surface area contributed by atoms with E-state index in [4.69, 9.17) is 11.5 Å². The van der Waals surface area contributed by atoms with Crippen molar-refractivity contribution >= 4 is 5.97 Å².